The molecule has 0 spiro atoms. The molecule has 0 N–H and O–H groups in total. The molecule has 3 aromatic rings. The van der Waals surface area contributed by atoms with Crippen molar-refractivity contribution < 1.29 is 19.1 Å². The highest BCUT2D eigenvalue weighted by molar-refractivity contribution is 5.99. The topological polar surface area (TPSA) is 99.9 Å². The number of urea groups is 1. The minimum atomic E-state index is -0.789. The largest absolute Gasteiger partial charge is 0.481 e. The summed E-state index contributed by atoms with van der Waals surface area (Å²) in [6.45, 7) is 8.73. The minimum absolute atomic E-state index is 0.0763. The third-order valence-corrected chi connectivity index (χ3v) is 7.37. The lowest BCUT2D eigenvalue weighted by Gasteiger charge is -2.38. The predicted octanol–water partition coefficient (Wildman–Crippen LogP) is 2.46. The van der Waals surface area contributed by atoms with E-state index in [1.807, 2.05) is 36.4 Å². The normalized spacial score (nSPS) is 16.4. The molecule has 0 atom stereocenters. The van der Waals surface area contributed by atoms with Crippen LogP contribution >= 0.6 is 0 Å². The van der Waals surface area contributed by atoms with E-state index in [9.17, 15) is 14.4 Å². The van der Waals surface area contributed by atoms with Crippen molar-refractivity contribution in [3.05, 3.63) is 64.2 Å². The van der Waals surface area contributed by atoms with Crippen LogP contribution < -0.4 is 20.1 Å². The van der Waals surface area contributed by atoms with Crippen molar-refractivity contribution in [2.75, 3.05) is 63.2 Å². The second kappa shape index (κ2) is 10.9. The number of piperazine rings is 1. The SMILES string of the molecule is COC(=O)c1nc2c(N3CCN(C)C3=O)cc(N3CCN(C(C)C)CC3)cn2c(=O)c1OCc1ccccc1. The molecule has 0 saturated carbocycles. The summed E-state index contributed by atoms with van der Waals surface area (Å²) in [6, 6.07) is 11.5. The molecule has 2 amide bonds. The quantitative estimate of drug-likeness (QED) is 0.427. The van der Waals surface area contributed by atoms with Gasteiger partial charge in [0.25, 0.3) is 0 Å². The molecular weight excluding hydrogens is 500 g/mol. The molecule has 2 fully saturated rings. The van der Waals surface area contributed by atoms with Gasteiger partial charge in [-0.2, -0.15) is 0 Å². The van der Waals surface area contributed by atoms with Crippen molar-refractivity contribution in [3.63, 3.8) is 0 Å². The number of methoxy groups -OCH3 is 1. The number of amides is 2. The van der Waals surface area contributed by atoms with Gasteiger partial charge in [0.1, 0.15) is 6.61 Å². The number of nitrogens with zero attached hydrogens (tertiary/aromatic N) is 6. The van der Waals surface area contributed by atoms with Crippen molar-refractivity contribution in [3.8, 4) is 5.75 Å². The molecule has 0 bridgehead atoms. The maximum Gasteiger partial charge on any atom is 0.360 e. The van der Waals surface area contributed by atoms with E-state index in [0.29, 0.717) is 24.8 Å². The number of esters is 1. The highest BCUT2D eigenvalue weighted by atomic mass is 16.5. The van der Waals surface area contributed by atoms with Crippen LogP contribution in [-0.4, -0.2) is 90.7 Å². The van der Waals surface area contributed by atoms with Gasteiger partial charge in [-0.25, -0.2) is 14.6 Å². The molecule has 11 heteroatoms. The predicted molar refractivity (Wildman–Crippen MR) is 148 cm³/mol. The molecule has 206 valence electrons. The van der Waals surface area contributed by atoms with Gasteiger partial charge in [0.2, 0.25) is 5.75 Å². The number of hydrogen-bond donors (Lipinski definition) is 0. The Morgan fingerprint density at radius 1 is 1.03 bits per heavy atom. The second-order valence-corrected chi connectivity index (χ2v) is 10.1. The highest BCUT2D eigenvalue weighted by Crippen LogP contribution is 2.31. The van der Waals surface area contributed by atoms with Crippen LogP contribution in [0.1, 0.15) is 29.9 Å². The highest BCUT2D eigenvalue weighted by Gasteiger charge is 2.32. The van der Waals surface area contributed by atoms with Crippen LogP contribution in [0.3, 0.4) is 0 Å². The summed E-state index contributed by atoms with van der Waals surface area (Å²) >= 11 is 0. The van der Waals surface area contributed by atoms with Crippen LogP contribution in [0.2, 0.25) is 0 Å². The number of anilines is 2. The fourth-order valence-electron chi connectivity index (χ4n) is 5.03. The number of aromatic nitrogens is 2. The molecule has 0 radical (unpaired) electrons. The Kier molecular flexibility index (Phi) is 7.42. The Bertz CT molecular complexity index is 1430. The van der Waals surface area contributed by atoms with Gasteiger partial charge in [0.15, 0.2) is 11.3 Å². The second-order valence-electron chi connectivity index (χ2n) is 10.1. The standard InChI is InChI=1S/C28H34N6O5/c1-19(2)31-11-13-32(14-12-31)21-16-22(33-15-10-30(3)28(33)37)25-29-23(27(36)38-4)24(26(35)34(25)17-21)39-18-20-8-6-5-7-9-20/h5-9,16-17,19H,10-15,18H2,1-4H3. The van der Waals surface area contributed by atoms with Gasteiger partial charge in [-0.05, 0) is 25.5 Å². The third-order valence-electron chi connectivity index (χ3n) is 7.37. The average molecular weight is 535 g/mol. The molecule has 2 aromatic heterocycles. The van der Waals surface area contributed by atoms with E-state index in [1.54, 1.807) is 23.0 Å². The van der Waals surface area contributed by atoms with E-state index in [-0.39, 0.29) is 29.7 Å². The molecule has 2 aliphatic heterocycles. The molecule has 0 unspecified atom stereocenters. The van der Waals surface area contributed by atoms with Crippen LogP contribution in [-0.2, 0) is 11.3 Å². The molecule has 11 nitrogen and oxygen atoms in total. The molecule has 4 heterocycles. The van der Waals surface area contributed by atoms with E-state index in [1.165, 1.54) is 11.5 Å². The van der Waals surface area contributed by atoms with Crippen molar-refractivity contribution in [2.24, 2.45) is 0 Å². The first kappa shape index (κ1) is 26.5. The number of rotatable bonds is 7. The number of ether oxygens (including phenoxy) is 2. The van der Waals surface area contributed by atoms with Gasteiger partial charge >= 0.3 is 17.6 Å². The summed E-state index contributed by atoms with van der Waals surface area (Å²) < 4.78 is 12.2. The zero-order valence-corrected chi connectivity index (χ0v) is 22.8. The Morgan fingerprint density at radius 2 is 1.74 bits per heavy atom. The van der Waals surface area contributed by atoms with Crippen molar-refractivity contribution in [1.82, 2.24) is 19.2 Å². The van der Waals surface area contributed by atoms with E-state index < -0.39 is 11.5 Å². The molecule has 0 aliphatic carbocycles. The molecule has 2 aliphatic rings. The van der Waals surface area contributed by atoms with Crippen LogP contribution in [0, 0.1) is 0 Å². The lowest BCUT2D eigenvalue weighted by atomic mass is 10.2. The molecule has 39 heavy (non-hydrogen) atoms. The fourth-order valence-corrected chi connectivity index (χ4v) is 5.03. The summed E-state index contributed by atoms with van der Waals surface area (Å²) in [5, 5.41) is 0. The average Bonchev–Trinajstić information content (AvgIpc) is 3.29. The van der Waals surface area contributed by atoms with E-state index in [4.69, 9.17) is 9.47 Å². The van der Waals surface area contributed by atoms with Crippen LogP contribution in [0.25, 0.3) is 5.65 Å². The summed E-state index contributed by atoms with van der Waals surface area (Å²) in [7, 11) is 2.96. The Hall–Kier alpha value is -4.12. The van der Waals surface area contributed by atoms with Crippen LogP contribution in [0.4, 0.5) is 16.2 Å². The van der Waals surface area contributed by atoms with Crippen molar-refractivity contribution >= 4 is 29.0 Å². The number of carbonyl (C=O) groups is 2. The maximum atomic E-state index is 13.9. The molecule has 2 saturated heterocycles. The maximum absolute atomic E-state index is 13.9. The van der Waals surface area contributed by atoms with E-state index >= 15 is 0 Å². The summed E-state index contributed by atoms with van der Waals surface area (Å²) in [6.07, 6.45) is 1.72. The summed E-state index contributed by atoms with van der Waals surface area (Å²) in [5.41, 5.74) is 1.52. The Labute approximate surface area is 227 Å². The first-order valence-corrected chi connectivity index (χ1v) is 13.2. The first-order valence-electron chi connectivity index (χ1n) is 13.2. The Balaban J connectivity index is 1.65. The van der Waals surface area contributed by atoms with E-state index in [0.717, 1.165) is 37.4 Å². The smallest absolute Gasteiger partial charge is 0.360 e. The summed E-state index contributed by atoms with van der Waals surface area (Å²) in [5.74, 6) is -0.983. The number of benzene rings is 1. The van der Waals surface area contributed by atoms with Gasteiger partial charge in [-0.3, -0.25) is 19.0 Å². The van der Waals surface area contributed by atoms with E-state index in [2.05, 4.69) is 28.6 Å². The number of carbonyl (C=O) groups excluding carboxylic acids is 2. The lowest BCUT2D eigenvalue weighted by Crippen LogP contribution is -2.49. The zero-order chi connectivity index (χ0) is 27.7. The number of fused-ring (bicyclic) bond motifs is 1. The number of likely N-dealkylation sites (N-methyl/N-ethyl adjacent to an activating group) is 1. The van der Waals surface area contributed by atoms with Crippen LogP contribution in [0.5, 0.6) is 5.75 Å². The van der Waals surface area contributed by atoms with Gasteiger partial charge in [0.05, 0.1) is 18.5 Å². The lowest BCUT2D eigenvalue weighted by molar-refractivity contribution is 0.0588. The fraction of sp³-hybridized carbons (Fsp3) is 0.429. The van der Waals surface area contributed by atoms with Gasteiger partial charge in [-0.1, -0.05) is 30.3 Å². The molecular formula is C28H34N6O5. The molecule has 1 aromatic carbocycles. The Morgan fingerprint density at radius 3 is 2.36 bits per heavy atom. The zero-order valence-electron chi connectivity index (χ0n) is 22.8. The van der Waals surface area contributed by atoms with Crippen molar-refractivity contribution in [2.45, 2.75) is 26.5 Å². The third kappa shape index (κ3) is 5.14. The van der Waals surface area contributed by atoms with Gasteiger partial charge in [0, 0.05) is 58.6 Å². The monoisotopic (exact) mass is 534 g/mol. The van der Waals surface area contributed by atoms with Crippen LogP contribution in [0.15, 0.2) is 47.4 Å². The first-order chi connectivity index (χ1) is 18.8. The van der Waals surface area contributed by atoms with Crippen molar-refractivity contribution in [1.29, 1.82) is 0 Å². The number of pyridine rings is 1. The minimum Gasteiger partial charge on any atom is -0.481 e. The van der Waals surface area contributed by atoms with Gasteiger partial charge < -0.3 is 19.3 Å². The molecule has 5 rings (SSSR count). The van der Waals surface area contributed by atoms with Gasteiger partial charge in [-0.15, -0.1) is 0 Å². The number of hydrogen-bond acceptors (Lipinski definition) is 8. The summed E-state index contributed by atoms with van der Waals surface area (Å²) in [4.78, 5) is 52.1.